The summed E-state index contributed by atoms with van der Waals surface area (Å²) in [5, 5.41) is 12.3. The van der Waals surface area contributed by atoms with E-state index in [-0.39, 0.29) is 6.04 Å². The summed E-state index contributed by atoms with van der Waals surface area (Å²) in [5.74, 6) is 0. The Bertz CT molecular complexity index is 234. The number of hydrogen-bond acceptors (Lipinski definition) is 3. The van der Waals surface area contributed by atoms with E-state index >= 15 is 0 Å². The standard InChI is InChI=1S/C15H29N3/c1-2-3-4-5-6-7-8-9-11-18-12-10-17-14-15(18)13-16/h15,17H,2-12,14H2,1H3. The molecule has 0 aromatic heterocycles. The van der Waals surface area contributed by atoms with Gasteiger partial charge in [0, 0.05) is 19.6 Å². The Hall–Kier alpha value is -0.590. The van der Waals surface area contributed by atoms with Crippen LogP contribution in [0.2, 0.25) is 0 Å². The van der Waals surface area contributed by atoms with Gasteiger partial charge in [-0.05, 0) is 13.0 Å². The molecule has 0 spiro atoms. The lowest BCUT2D eigenvalue weighted by atomic mass is 10.1. The first-order chi connectivity index (χ1) is 8.88. The highest BCUT2D eigenvalue weighted by Gasteiger charge is 2.20. The Labute approximate surface area is 113 Å². The van der Waals surface area contributed by atoms with Crippen LogP contribution in [0.25, 0.3) is 0 Å². The van der Waals surface area contributed by atoms with Crippen LogP contribution in [-0.4, -0.2) is 37.1 Å². The molecule has 1 N–H and O–H groups in total. The number of nitrogens with one attached hydrogen (secondary N) is 1. The summed E-state index contributed by atoms with van der Waals surface area (Å²) in [6, 6.07) is 2.49. The van der Waals surface area contributed by atoms with Gasteiger partial charge in [0.15, 0.2) is 0 Å². The highest BCUT2D eigenvalue weighted by molar-refractivity contribution is 4.95. The topological polar surface area (TPSA) is 39.1 Å². The summed E-state index contributed by atoms with van der Waals surface area (Å²) < 4.78 is 0. The molecule has 1 aliphatic rings. The van der Waals surface area contributed by atoms with Crippen LogP contribution >= 0.6 is 0 Å². The van der Waals surface area contributed by atoms with Crippen molar-refractivity contribution in [2.24, 2.45) is 0 Å². The van der Waals surface area contributed by atoms with Crippen molar-refractivity contribution in [3.8, 4) is 6.07 Å². The monoisotopic (exact) mass is 251 g/mol. The van der Waals surface area contributed by atoms with Crippen LogP contribution in [0.3, 0.4) is 0 Å². The molecule has 1 rings (SSSR count). The van der Waals surface area contributed by atoms with E-state index in [9.17, 15) is 0 Å². The van der Waals surface area contributed by atoms with E-state index < -0.39 is 0 Å². The second-order valence-electron chi connectivity index (χ2n) is 5.36. The number of nitriles is 1. The Morgan fingerprint density at radius 1 is 1.11 bits per heavy atom. The third-order valence-corrected chi connectivity index (χ3v) is 3.80. The Balaban J connectivity index is 1.95. The fraction of sp³-hybridized carbons (Fsp3) is 0.933. The summed E-state index contributed by atoms with van der Waals surface area (Å²) in [6.45, 7) is 6.28. The molecule has 1 unspecified atom stereocenters. The zero-order chi connectivity index (χ0) is 13.1. The molecule has 3 heteroatoms. The van der Waals surface area contributed by atoms with Crippen molar-refractivity contribution in [3.63, 3.8) is 0 Å². The smallest absolute Gasteiger partial charge is 0.110 e. The highest BCUT2D eigenvalue weighted by Crippen LogP contribution is 2.10. The molecule has 18 heavy (non-hydrogen) atoms. The minimum absolute atomic E-state index is 0.100. The molecule has 1 saturated heterocycles. The van der Waals surface area contributed by atoms with E-state index in [0.29, 0.717) is 0 Å². The average molecular weight is 251 g/mol. The lowest BCUT2D eigenvalue weighted by molar-refractivity contribution is 0.193. The maximum atomic E-state index is 9.05. The van der Waals surface area contributed by atoms with Crippen LogP contribution in [-0.2, 0) is 0 Å². The molecule has 0 amide bonds. The molecule has 0 bridgehead atoms. The van der Waals surface area contributed by atoms with Crippen molar-refractivity contribution >= 4 is 0 Å². The summed E-state index contributed by atoms with van der Waals surface area (Å²) in [6.07, 6.45) is 10.9. The first-order valence-electron chi connectivity index (χ1n) is 7.73. The predicted molar refractivity (Wildman–Crippen MR) is 76.5 cm³/mol. The number of unbranched alkanes of at least 4 members (excludes halogenated alkanes) is 7. The van der Waals surface area contributed by atoms with Crippen LogP contribution in [0, 0.1) is 11.3 Å². The van der Waals surface area contributed by atoms with E-state index in [1.165, 1.54) is 51.4 Å². The molecule has 0 saturated carbocycles. The molecule has 0 radical (unpaired) electrons. The van der Waals surface area contributed by atoms with Crippen LogP contribution in [0.15, 0.2) is 0 Å². The summed E-state index contributed by atoms with van der Waals surface area (Å²) in [7, 11) is 0. The fourth-order valence-electron chi connectivity index (χ4n) is 2.59. The van der Waals surface area contributed by atoms with Crippen LogP contribution in [0.4, 0.5) is 0 Å². The Morgan fingerprint density at radius 3 is 2.44 bits per heavy atom. The number of rotatable bonds is 9. The van der Waals surface area contributed by atoms with Gasteiger partial charge >= 0.3 is 0 Å². The third kappa shape index (κ3) is 6.37. The Kier molecular flexibility index (Phi) is 8.89. The molecule has 1 heterocycles. The number of nitrogens with zero attached hydrogens (tertiary/aromatic N) is 2. The second-order valence-corrected chi connectivity index (χ2v) is 5.36. The van der Waals surface area contributed by atoms with Gasteiger partial charge in [0.05, 0.1) is 6.07 Å². The largest absolute Gasteiger partial charge is 0.313 e. The molecule has 1 atom stereocenters. The van der Waals surface area contributed by atoms with Crippen molar-refractivity contribution < 1.29 is 0 Å². The SMILES string of the molecule is CCCCCCCCCCN1CCNCC1C#N. The molecular formula is C15H29N3. The molecule has 0 aromatic carbocycles. The van der Waals surface area contributed by atoms with Crippen LogP contribution in [0.5, 0.6) is 0 Å². The van der Waals surface area contributed by atoms with E-state index in [1.807, 2.05) is 0 Å². The van der Waals surface area contributed by atoms with Crippen LogP contribution in [0.1, 0.15) is 58.3 Å². The third-order valence-electron chi connectivity index (χ3n) is 3.80. The fourth-order valence-corrected chi connectivity index (χ4v) is 2.59. The highest BCUT2D eigenvalue weighted by atomic mass is 15.2. The molecule has 104 valence electrons. The van der Waals surface area contributed by atoms with Crippen molar-refractivity contribution in [2.45, 2.75) is 64.3 Å². The van der Waals surface area contributed by atoms with Crippen molar-refractivity contribution in [1.29, 1.82) is 5.26 Å². The van der Waals surface area contributed by atoms with Crippen molar-refractivity contribution in [3.05, 3.63) is 0 Å². The van der Waals surface area contributed by atoms with Gasteiger partial charge in [-0.3, -0.25) is 4.90 Å². The van der Waals surface area contributed by atoms with E-state index in [2.05, 4.69) is 23.2 Å². The van der Waals surface area contributed by atoms with Gasteiger partial charge in [0.25, 0.3) is 0 Å². The number of piperazine rings is 1. The first kappa shape index (κ1) is 15.5. The summed E-state index contributed by atoms with van der Waals surface area (Å²) in [4.78, 5) is 2.34. The lowest BCUT2D eigenvalue weighted by Gasteiger charge is -2.31. The second kappa shape index (κ2) is 10.3. The van der Waals surface area contributed by atoms with Crippen LogP contribution < -0.4 is 5.32 Å². The normalized spacial score (nSPS) is 20.8. The van der Waals surface area contributed by atoms with Gasteiger partial charge in [0.2, 0.25) is 0 Å². The van der Waals surface area contributed by atoms with Gasteiger partial charge in [-0.1, -0.05) is 51.9 Å². The van der Waals surface area contributed by atoms with E-state index in [1.54, 1.807) is 0 Å². The number of hydrogen-bond donors (Lipinski definition) is 1. The molecule has 0 aliphatic carbocycles. The van der Waals surface area contributed by atoms with Gasteiger partial charge in [-0.15, -0.1) is 0 Å². The predicted octanol–water partition coefficient (Wildman–Crippen LogP) is 2.92. The molecule has 1 aliphatic heterocycles. The van der Waals surface area contributed by atoms with E-state index in [0.717, 1.165) is 26.2 Å². The van der Waals surface area contributed by atoms with Gasteiger partial charge in [0.1, 0.15) is 6.04 Å². The van der Waals surface area contributed by atoms with Crippen molar-refractivity contribution in [2.75, 3.05) is 26.2 Å². The zero-order valence-electron chi connectivity index (χ0n) is 12.0. The molecule has 1 fully saturated rings. The van der Waals surface area contributed by atoms with Gasteiger partial charge < -0.3 is 5.32 Å². The summed E-state index contributed by atoms with van der Waals surface area (Å²) >= 11 is 0. The summed E-state index contributed by atoms with van der Waals surface area (Å²) in [5.41, 5.74) is 0. The average Bonchev–Trinajstić information content (AvgIpc) is 2.42. The maximum Gasteiger partial charge on any atom is 0.110 e. The molecule has 0 aromatic rings. The first-order valence-corrected chi connectivity index (χ1v) is 7.73. The lowest BCUT2D eigenvalue weighted by Crippen LogP contribution is -2.50. The van der Waals surface area contributed by atoms with Crippen molar-refractivity contribution in [1.82, 2.24) is 10.2 Å². The quantitative estimate of drug-likeness (QED) is 0.640. The van der Waals surface area contributed by atoms with Gasteiger partial charge in [-0.2, -0.15) is 5.26 Å². The van der Waals surface area contributed by atoms with E-state index in [4.69, 9.17) is 5.26 Å². The minimum atomic E-state index is 0.100. The maximum absolute atomic E-state index is 9.05. The zero-order valence-corrected chi connectivity index (χ0v) is 12.0. The molecule has 3 nitrogen and oxygen atoms in total. The van der Waals surface area contributed by atoms with Gasteiger partial charge in [-0.25, -0.2) is 0 Å². The minimum Gasteiger partial charge on any atom is -0.313 e. The molecular weight excluding hydrogens is 222 g/mol. The Morgan fingerprint density at radius 2 is 1.78 bits per heavy atom.